The molecule has 137 heavy (non-hydrogen) atoms. The number of nitrogens with zero attached hydrogens (tertiary/aromatic N) is 3. The molecule has 1 saturated heterocycles. The number of aliphatic hydroxyl groups is 2. The average molecular weight is 1910 g/mol. The number of carbonyl (C=O) groups is 10. The van der Waals surface area contributed by atoms with Crippen LogP contribution in [0.25, 0.3) is 10.9 Å². The molecule has 32 nitrogen and oxygen atoms in total. The molecular formula is C101H136F4N14O18. The predicted octanol–water partition coefficient (Wildman–Crippen LogP) is 16.9. The van der Waals surface area contributed by atoms with Crippen LogP contribution >= 0.6 is 0 Å². The van der Waals surface area contributed by atoms with E-state index in [1.807, 2.05) is 54.6 Å². The molecule has 746 valence electrons. The molecule has 8 aromatic rings. The number of nitrogens with two attached hydrogens (primary N) is 3. The molecule has 0 radical (unpaired) electrons. The quantitative estimate of drug-likeness (QED) is 0.00960. The minimum atomic E-state index is -1.39. The molecule has 11 amide bonds. The Morgan fingerprint density at radius 3 is 1.10 bits per heavy atom. The summed E-state index contributed by atoms with van der Waals surface area (Å²) in [4.78, 5) is 139. The van der Waals surface area contributed by atoms with Crippen LogP contribution in [0, 0.1) is 41.3 Å². The maximum Gasteiger partial charge on any atom is 0.410 e. The van der Waals surface area contributed by atoms with Gasteiger partial charge in [0.25, 0.3) is 0 Å². The monoisotopic (exact) mass is 1910 g/mol. The summed E-state index contributed by atoms with van der Waals surface area (Å²) in [7, 11) is 0. The standard InChI is InChI=1S/C44H51F2N7O9.C27H35FN4O5.C26H34FN3O4.4CH4/c1-4-51-24-33(41(56)57)39(54)32-22-34(45)37(23-36(32)51)52-17-19-53(20-18-52)44(60)62-26-29-12-14-31(15-13-29)49-40(55)30(11-8-16-48-42(47)58)21-35(46)38(27(2)3)50-43(59)61-25-28-9-6-5-7-10-28;1-18(2)24(32-27(36)37-17-20-7-4-3-5-8-20)23(28)15-21(9-6-14-30-26(29)35)25(34)31-22-12-10-19(16-33)11-13-22;1-18(2)24(30-26(33)34-17-20-7-4-3-5-8-20)23(27)15-21(9-6-14-28)25(32)29-22-12-10-19(16-31)11-13-22;;;;/h5-7,9-10,12-15,21-24,27,30,38H,4,8,11,16-20,25-26H2,1-3H3,(H,49,55)(H,50,59)(H,56,57)(H3,47,48,58);3-5,7-8,10-13,15,18,21,24,33H,6,9,14,16-17H2,1-2H3,(H,31,34)(H,32,36)(H3,29,30,35);3-5,7-8,10-13,15,18,21,24,31H,6,9,14,16-17,28H2,1-2H3,(H,29,32)(H,30,33);4*1H4/b35-21-;2*23-15-;;;;/t30-,38+;2*21-,24+;;;;/m111..../s1. The van der Waals surface area contributed by atoms with Crippen LogP contribution in [0.2, 0.25) is 0 Å². The van der Waals surface area contributed by atoms with Crippen LogP contribution in [-0.4, -0.2) is 149 Å². The summed E-state index contributed by atoms with van der Waals surface area (Å²) in [5.74, 6) is -9.14. The number of ether oxygens (including phenoxy) is 4. The van der Waals surface area contributed by atoms with Crippen molar-refractivity contribution in [3.8, 4) is 0 Å². The zero-order chi connectivity index (χ0) is 97.1. The zero-order valence-electron chi connectivity index (χ0n) is 75.4. The van der Waals surface area contributed by atoms with Gasteiger partial charge in [-0.15, -0.1) is 0 Å². The number of alkyl carbamates (subject to hydrolysis) is 3. The van der Waals surface area contributed by atoms with Crippen molar-refractivity contribution in [2.75, 3.05) is 66.7 Å². The number of benzene rings is 7. The highest BCUT2D eigenvalue weighted by molar-refractivity contribution is 5.96. The Hall–Kier alpha value is -14.1. The van der Waals surface area contributed by atoms with E-state index in [1.54, 1.807) is 167 Å². The normalized spacial score (nSPS) is 13.1. The van der Waals surface area contributed by atoms with Gasteiger partial charge in [-0.3, -0.25) is 19.2 Å². The second-order valence-corrected chi connectivity index (χ2v) is 32.2. The third-order valence-electron chi connectivity index (χ3n) is 21.1. The Balaban J connectivity index is 0.000000556. The van der Waals surface area contributed by atoms with Gasteiger partial charge in [-0.2, -0.15) is 0 Å². The number of fused-ring (bicyclic) bond motifs is 1. The lowest BCUT2D eigenvalue weighted by atomic mass is 9.96. The summed E-state index contributed by atoms with van der Waals surface area (Å²) < 4.78 is 84.7. The zero-order valence-corrected chi connectivity index (χ0v) is 75.4. The second-order valence-electron chi connectivity index (χ2n) is 32.2. The number of piperazine rings is 1. The number of carbonyl (C=O) groups excluding carboxylic acids is 9. The first kappa shape index (κ1) is 117. The summed E-state index contributed by atoms with van der Waals surface area (Å²) in [5.41, 5.74) is 21.1. The van der Waals surface area contributed by atoms with Crippen molar-refractivity contribution in [2.24, 2.45) is 52.7 Å². The van der Waals surface area contributed by atoms with E-state index in [9.17, 15) is 63.0 Å². The predicted molar refractivity (Wildman–Crippen MR) is 524 cm³/mol. The van der Waals surface area contributed by atoms with Crippen molar-refractivity contribution < 1.29 is 99.8 Å². The highest BCUT2D eigenvalue weighted by atomic mass is 19.1. The highest BCUT2D eigenvalue weighted by Crippen LogP contribution is 2.30. The van der Waals surface area contributed by atoms with Crippen molar-refractivity contribution in [2.45, 2.75) is 181 Å². The van der Waals surface area contributed by atoms with Crippen molar-refractivity contribution in [1.29, 1.82) is 0 Å². The van der Waals surface area contributed by atoms with Gasteiger partial charge in [0.2, 0.25) is 23.2 Å². The molecule has 0 unspecified atom stereocenters. The molecule has 36 heteroatoms. The van der Waals surface area contributed by atoms with Gasteiger partial charge in [-0.25, -0.2) is 51.1 Å². The summed E-state index contributed by atoms with van der Waals surface area (Å²) in [6, 6.07) is 45.3. The minimum absolute atomic E-state index is 0. The number of rotatable bonds is 42. The smallest absolute Gasteiger partial charge is 0.410 e. The van der Waals surface area contributed by atoms with Crippen molar-refractivity contribution in [1.82, 2.24) is 36.1 Å². The van der Waals surface area contributed by atoms with E-state index in [4.69, 9.17) is 41.3 Å². The van der Waals surface area contributed by atoms with Gasteiger partial charge in [-0.1, -0.05) is 199 Å². The number of aromatic nitrogens is 1. The number of carboxylic acid groups (broad SMARTS) is 1. The van der Waals surface area contributed by atoms with Crippen molar-refractivity contribution >= 4 is 93.8 Å². The molecule has 1 fully saturated rings. The van der Waals surface area contributed by atoms with Gasteiger partial charge in [0.1, 0.15) is 55.3 Å². The number of amides is 11. The molecule has 2 heterocycles. The lowest BCUT2D eigenvalue weighted by Crippen LogP contribution is -2.49. The lowest BCUT2D eigenvalue weighted by Gasteiger charge is -2.35. The van der Waals surface area contributed by atoms with E-state index in [2.05, 4.69) is 42.5 Å². The van der Waals surface area contributed by atoms with Crippen LogP contribution in [0.5, 0.6) is 0 Å². The van der Waals surface area contributed by atoms with Crippen LogP contribution in [0.15, 0.2) is 223 Å². The summed E-state index contributed by atoms with van der Waals surface area (Å²) in [6.07, 6.45) is 3.82. The number of aliphatic hydroxyl groups excluding tert-OH is 2. The van der Waals surface area contributed by atoms with Gasteiger partial charge in [0, 0.05) is 74.5 Å². The Kier molecular flexibility index (Phi) is 52.1. The van der Waals surface area contributed by atoms with Crippen LogP contribution in [0.4, 0.5) is 69.1 Å². The fourth-order valence-corrected chi connectivity index (χ4v) is 13.7. The number of aromatic carboxylic acids is 1. The maximum atomic E-state index is 15.8. The van der Waals surface area contributed by atoms with Crippen LogP contribution < -0.4 is 70.1 Å². The Morgan fingerprint density at radius 1 is 0.460 bits per heavy atom. The number of hydrogen-bond donors (Lipinski definition) is 14. The molecule has 6 atom stereocenters. The highest BCUT2D eigenvalue weighted by Gasteiger charge is 2.32. The number of pyridine rings is 1. The fourth-order valence-electron chi connectivity index (χ4n) is 13.7. The van der Waals surface area contributed by atoms with Gasteiger partial charge in [0.05, 0.1) is 60.3 Å². The number of halogens is 4. The molecular weight excluding hydrogens is 1770 g/mol. The van der Waals surface area contributed by atoms with Crippen LogP contribution in [0.3, 0.4) is 0 Å². The van der Waals surface area contributed by atoms with E-state index in [0.717, 1.165) is 28.8 Å². The SMILES string of the molecule is C.C.C.C.CC(C)[C@H](NC(=O)OCc1ccccc1)/C(F)=C/[C@@H](CCCN)C(=O)Nc1ccc(CO)cc1.CC(C)[C@H](NC(=O)OCc1ccccc1)/C(F)=C/[C@@H](CCCNC(N)=O)C(=O)Nc1ccc(CO)cc1.CCn1cc(C(=O)O)c(=O)c2cc(F)c(N3CCN(C(=O)OCc4ccc(NC(=O)[C@@H](/C=C(\F)[C@@H](NC(=O)OCc5ccccc5)C(C)C)CCCNC(N)=O)cc4)CC3)cc21. The number of aryl methyl sites for hydroxylation is 1. The molecule has 0 aliphatic carbocycles. The number of carboxylic acids is 1. The molecule has 0 saturated carbocycles. The Morgan fingerprint density at radius 2 is 0.788 bits per heavy atom. The molecule has 1 aromatic heterocycles. The van der Waals surface area contributed by atoms with Crippen LogP contribution in [-0.2, 0) is 79.5 Å². The summed E-state index contributed by atoms with van der Waals surface area (Å²) >= 11 is 0. The van der Waals surface area contributed by atoms with Crippen molar-refractivity contribution in [3.05, 3.63) is 273 Å². The molecule has 0 spiro atoms. The Bertz CT molecular complexity index is 5280. The van der Waals surface area contributed by atoms with E-state index in [1.165, 1.54) is 29.3 Å². The third-order valence-corrected chi connectivity index (χ3v) is 21.1. The van der Waals surface area contributed by atoms with Crippen LogP contribution in [0.1, 0.15) is 160 Å². The van der Waals surface area contributed by atoms with E-state index in [-0.39, 0.29) is 150 Å². The largest absolute Gasteiger partial charge is 0.477 e. The molecule has 7 aromatic carbocycles. The molecule has 0 bridgehead atoms. The molecule has 1 aliphatic rings. The number of urea groups is 2. The van der Waals surface area contributed by atoms with Crippen molar-refractivity contribution in [3.63, 3.8) is 0 Å². The number of primary amides is 2. The van der Waals surface area contributed by atoms with Gasteiger partial charge in [0.15, 0.2) is 0 Å². The Labute approximate surface area is 798 Å². The fraction of sp³-hybridized carbons (Fsp3) is 0.396. The summed E-state index contributed by atoms with van der Waals surface area (Å²) in [5, 5.41) is 48.6. The first-order valence-corrected chi connectivity index (χ1v) is 43.7. The first-order chi connectivity index (χ1) is 63.7. The third kappa shape index (κ3) is 39.8. The molecule has 9 rings (SSSR count). The molecule has 1 aliphatic heterocycles. The topological polar surface area (TPSA) is 471 Å². The van der Waals surface area contributed by atoms with Gasteiger partial charge in [-0.05, 0) is 170 Å². The van der Waals surface area contributed by atoms with E-state index >= 15 is 17.6 Å². The molecule has 17 N–H and O–H groups in total. The maximum absolute atomic E-state index is 15.8. The number of hydrogen-bond acceptors (Lipinski definition) is 19. The minimum Gasteiger partial charge on any atom is -0.477 e. The van der Waals surface area contributed by atoms with Gasteiger partial charge < -0.3 is 108 Å². The lowest BCUT2D eigenvalue weighted by molar-refractivity contribution is -0.119. The summed E-state index contributed by atoms with van der Waals surface area (Å²) in [6.45, 7) is 14.1. The van der Waals surface area contributed by atoms with E-state index in [0.29, 0.717) is 78.0 Å². The van der Waals surface area contributed by atoms with E-state index < -0.39 is 130 Å². The van der Waals surface area contributed by atoms with Gasteiger partial charge >= 0.3 is 42.4 Å². The number of nitrogens with one attached hydrogen (secondary N) is 8. The number of anilines is 4. The second kappa shape index (κ2) is 61.0. The average Bonchev–Trinajstić information content (AvgIpc) is 0.760. The first-order valence-electron chi connectivity index (χ1n) is 43.7.